The summed E-state index contributed by atoms with van der Waals surface area (Å²) in [6, 6.07) is 2.92. The lowest BCUT2D eigenvalue weighted by atomic mass is 10.0. The maximum atomic E-state index is 13.2. The highest BCUT2D eigenvalue weighted by molar-refractivity contribution is 5.98. The molecule has 2 amide bonds. The number of halogens is 1. The topological polar surface area (TPSA) is 98.2 Å². The fraction of sp³-hybridized carbons (Fsp3) is 0.333. The van der Waals surface area contributed by atoms with Gasteiger partial charge in [0.15, 0.2) is 0 Å². The van der Waals surface area contributed by atoms with Gasteiger partial charge in [0.25, 0.3) is 5.91 Å². The fourth-order valence-electron chi connectivity index (χ4n) is 1.32. The molecule has 0 fully saturated rings. The number of anilines is 1. The molecule has 0 aliphatic carbocycles. The Balaban J connectivity index is 2.89. The van der Waals surface area contributed by atoms with Crippen molar-refractivity contribution in [1.82, 2.24) is 0 Å². The number of rotatable bonds is 4. The molecule has 5 N–H and O–H groups in total. The molecule has 0 radical (unpaired) electrons. The second-order valence-corrected chi connectivity index (χ2v) is 4.32. The molecule has 6 heteroatoms. The summed E-state index contributed by atoms with van der Waals surface area (Å²) in [5.74, 6) is -2.04. The van der Waals surface area contributed by atoms with Crippen LogP contribution in [0.5, 0.6) is 0 Å². The van der Waals surface area contributed by atoms with Gasteiger partial charge in [0.05, 0.1) is 11.6 Å². The third kappa shape index (κ3) is 3.27. The number of carbonyl (C=O) groups excluding carboxylic acids is 2. The molecule has 0 aromatic heterocycles. The molecule has 0 aliphatic heterocycles. The number of hydrogen-bond acceptors (Lipinski definition) is 3. The Hall–Kier alpha value is -1.95. The van der Waals surface area contributed by atoms with Crippen LogP contribution >= 0.6 is 0 Å². The van der Waals surface area contributed by atoms with Crippen LogP contribution in [-0.2, 0) is 4.79 Å². The molecule has 0 heterocycles. The number of nitrogens with two attached hydrogens (primary N) is 2. The summed E-state index contributed by atoms with van der Waals surface area (Å²) in [5, 5.41) is 2.51. The number of amides is 2. The van der Waals surface area contributed by atoms with Crippen LogP contribution in [0.4, 0.5) is 10.1 Å². The fourth-order valence-corrected chi connectivity index (χ4v) is 1.32. The molecule has 0 saturated carbocycles. The van der Waals surface area contributed by atoms with E-state index in [1.165, 1.54) is 12.1 Å². The van der Waals surface area contributed by atoms with Crippen LogP contribution < -0.4 is 16.8 Å². The van der Waals surface area contributed by atoms with E-state index in [-0.39, 0.29) is 17.2 Å². The summed E-state index contributed by atoms with van der Waals surface area (Å²) < 4.78 is 13.2. The summed E-state index contributed by atoms with van der Waals surface area (Å²) in [4.78, 5) is 22.6. The number of benzene rings is 1. The van der Waals surface area contributed by atoms with Crippen molar-refractivity contribution in [3.8, 4) is 0 Å². The van der Waals surface area contributed by atoms with E-state index in [0.29, 0.717) is 0 Å². The minimum atomic E-state index is -0.892. The number of nitrogens with one attached hydrogen (secondary N) is 1. The number of hydrogen-bond donors (Lipinski definition) is 3. The van der Waals surface area contributed by atoms with Crippen molar-refractivity contribution in [2.45, 2.75) is 19.9 Å². The van der Waals surface area contributed by atoms with Crippen LogP contribution in [0.25, 0.3) is 0 Å². The van der Waals surface area contributed by atoms with Crippen LogP contribution in [0.1, 0.15) is 24.2 Å². The summed E-state index contributed by atoms with van der Waals surface area (Å²) in [5.41, 5.74) is 10.7. The molecule has 1 aromatic carbocycles. The predicted molar refractivity (Wildman–Crippen MR) is 66.4 cm³/mol. The SMILES string of the molecule is CC(C)[C@@H](N)C(=O)Nc1ccc(F)c(C(N)=O)c1. The molecular weight excluding hydrogens is 237 g/mol. The third-order valence-electron chi connectivity index (χ3n) is 2.52. The van der Waals surface area contributed by atoms with Gasteiger partial charge in [0.2, 0.25) is 5.91 Å². The summed E-state index contributed by atoms with van der Waals surface area (Å²) in [6.07, 6.45) is 0. The van der Waals surface area contributed by atoms with Gasteiger partial charge in [-0.1, -0.05) is 13.8 Å². The maximum absolute atomic E-state index is 13.2. The smallest absolute Gasteiger partial charge is 0.251 e. The first-order valence-electron chi connectivity index (χ1n) is 5.48. The van der Waals surface area contributed by atoms with Gasteiger partial charge in [-0.05, 0) is 24.1 Å². The van der Waals surface area contributed by atoms with E-state index in [9.17, 15) is 14.0 Å². The van der Waals surface area contributed by atoms with Crippen molar-refractivity contribution < 1.29 is 14.0 Å². The molecule has 98 valence electrons. The van der Waals surface area contributed by atoms with Crippen molar-refractivity contribution in [3.05, 3.63) is 29.6 Å². The third-order valence-corrected chi connectivity index (χ3v) is 2.52. The Kier molecular flexibility index (Phi) is 4.38. The minimum Gasteiger partial charge on any atom is -0.366 e. The molecule has 1 aromatic rings. The highest BCUT2D eigenvalue weighted by Crippen LogP contribution is 2.15. The van der Waals surface area contributed by atoms with Gasteiger partial charge in [0, 0.05) is 5.69 Å². The lowest BCUT2D eigenvalue weighted by Crippen LogP contribution is -2.39. The van der Waals surface area contributed by atoms with Gasteiger partial charge in [-0.15, -0.1) is 0 Å². The lowest BCUT2D eigenvalue weighted by Gasteiger charge is -2.15. The second-order valence-electron chi connectivity index (χ2n) is 4.32. The average molecular weight is 253 g/mol. The summed E-state index contributed by atoms with van der Waals surface area (Å²) in [6.45, 7) is 3.62. The molecular formula is C12H16FN3O2. The van der Waals surface area contributed by atoms with E-state index in [0.717, 1.165) is 6.07 Å². The van der Waals surface area contributed by atoms with Crippen molar-refractivity contribution in [2.75, 3.05) is 5.32 Å². The van der Waals surface area contributed by atoms with E-state index >= 15 is 0 Å². The molecule has 18 heavy (non-hydrogen) atoms. The molecule has 0 spiro atoms. The Labute approximate surface area is 104 Å². The molecule has 0 bridgehead atoms. The van der Waals surface area contributed by atoms with E-state index in [1.54, 1.807) is 0 Å². The largest absolute Gasteiger partial charge is 0.366 e. The highest BCUT2D eigenvalue weighted by Gasteiger charge is 2.18. The molecule has 0 unspecified atom stereocenters. The monoisotopic (exact) mass is 253 g/mol. The Morgan fingerprint density at radius 3 is 2.44 bits per heavy atom. The molecule has 0 aliphatic rings. The summed E-state index contributed by atoms with van der Waals surface area (Å²) in [7, 11) is 0. The first-order valence-corrected chi connectivity index (χ1v) is 5.48. The lowest BCUT2D eigenvalue weighted by molar-refractivity contribution is -0.118. The zero-order valence-corrected chi connectivity index (χ0v) is 10.2. The first kappa shape index (κ1) is 14.1. The van der Waals surface area contributed by atoms with Crippen LogP contribution in [-0.4, -0.2) is 17.9 Å². The van der Waals surface area contributed by atoms with Crippen LogP contribution in [0.2, 0.25) is 0 Å². The second kappa shape index (κ2) is 5.59. The molecule has 1 rings (SSSR count). The van der Waals surface area contributed by atoms with E-state index in [1.807, 2.05) is 13.8 Å². The van der Waals surface area contributed by atoms with E-state index < -0.39 is 23.7 Å². The Morgan fingerprint density at radius 1 is 1.33 bits per heavy atom. The summed E-state index contributed by atoms with van der Waals surface area (Å²) >= 11 is 0. The van der Waals surface area contributed by atoms with Gasteiger partial charge < -0.3 is 16.8 Å². The minimum absolute atomic E-state index is 0.0268. The molecule has 5 nitrogen and oxygen atoms in total. The molecule has 0 saturated heterocycles. The maximum Gasteiger partial charge on any atom is 0.251 e. The van der Waals surface area contributed by atoms with Gasteiger partial charge in [-0.2, -0.15) is 0 Å². The van der Waals surface area contributed by atoms with Crippen LogP contribution in [0, 0.1) is 11.7 Å². The van der Waals surface area contributed by atoms with Crippen molar-refractivity contribution in [2.24, 2.45) is 17.4 Å². The average Bonchev–Trinajstić information content (AvgIpc) is 2.29. The van der Waals surface area contributed by atoms with E-state index in [4.69, 9.17) is 11.5 Å². The predicted octanol–water partition coefficient (Wildman–Crippen LogP) is 0.846. The Bertz CT molecular complexity index is 474. The van der Waals surface area contributed by atoms with Crippen molar-refractivity contribution in [3.63, 3.8) is 0 Å². The van der Waals surface area contributed by atoms with E-state index in [2.05, 4.69) is 5.32 Å². The number of primary amides is 1. The quantitative estimate of drug-likeness (QED) is 0.741. The standard InChI is InChI=1S/C12H16FN3O2/c1-6(2)10(14)12(18)16-7-3-4-9(13)8(5-7)11(15)17/h3-6,10H,14H2,1-2H3,(H2,15,17)(H,16,18)/t10-/m1/s1. The van der Waals surface area contributed by atoms with Gasteiger partial charge >= 0.3 is 0 Å². The molecule has 1 atom stereocenters. The van der Waals surface area contributed by atoms with Crippen LogP contribution in [0.15, 0.2) is 18.2 Å². The zero-order chi connectivity index (χ0) is 13.9. The van der Waals surface area contributed by atoms with Crippen LogP contribution in [0.3, 0.4) is 0 Å². The number of carbonyl (C=O) groups is 2. The van der Waals surface area contributed by atoms with Gasteiger partial charge in [-0.3, -0.25) is 9.59 Å². The van der Waals surface area contributed by atoms with Gasteiger partial charge in [-0.25, -0.2) is 4.39 Å². The highest BCUT2D eigenvalue weighted by atomic mass is 19.1. The van der Waals surface area contributed by atoms with Crippen molar-refractivity contribution in [1.29, 1.82) is 0 Å². The first-order chi connectivity index (χ1) is 8.32. The van der Waals surface area contributed by atoms with Crippen molar-refractivity contribution >= 4 is 17.5 Å². The normalized spacial score (nSPS) is 12.3. The van der Waals surface area contributed by atoms with Gasteiger partial charge in [0.1, 0.15) is 5.82 Å². The Morgan fingerprint density at radius 2 is 1.94 bits per heavy atom. The zero-order valence-electron chi connectivity index (χ0n) is 10.2.